The Balaban J connectivity index is 2.99. The molecule has 0 atom stereocenters. The first-order chi connectivity index (χ1) is 8.30. The number of sulfonamides is 1. The van der Waals surface area contributed by atoms with Crippen LogP contribution in [-0.4, -0.2) is 20.5 Å². The van der Waals surface area contributed by atoms with E-state index in [2.05, 4.69) is 0 Å². The highest BCUT2D eigenvalue weighted by Gasteiger charge is 2.11. The Hall–Kier alpha value is -1.66. The third-order valence-corrected chi connectivity index (χ3v) is 2.96. The van der Waals surface area contributed by atoms with Crippen molar-refractivity contribution in [2.75, 3.05) is 0 Å². The summed E-state index contributed by atoms with van der Waals surface area (Å²) in [5.41, 5.74) is 0.348. The van der Waals surface area contributed by atoms with Gasteiger partial charge in [0.15, 0.2) is 0 Å². The Morgan fingerprint density at radius 1 is 1.33 bits per heavy atom. The largest absolute Gasteiger partial charge is 0.460 e. The summed E-state index contributed by atoms with van der Waals surface area (Å²) >= 11 is 0. The minimum Gasteiger partial charge on any atom is -0.460 e. The van der Waals surface area contributed by atoms with Crippen LogP contribution >= 0.6 is 0 Å². The lowest BCUT2D eigenvalue weighted by Crippen LogP contribution is -2.13. The van der Waals surface area contributed by atoms with Gasteiger partial charge in [0.2, 0.25) is 10.0 Å². The van der Waals surface area contributed by atoms with Crippen LogP contribution in [0, 0.1) is 0 Å². The molecule has 6 heteroatoms. The van der Waals surface area contributed by atoms with Gasteiger partial charge in [-0.15, -0.1) is 0 Å². The molecule has 0 aromatic heterocycles. The smallest absolute Gasteiger partial charge is 0.331 e. The average Bonchev–Trinajstić information content (AvgIpc) is 2.24. The summed E-state index contributed by atoms with van der Waals surface area (Å²) in [5, 5.41) is 5.07. The average molecular weight is 269 g/mol. The molecule has 0 aliphatic rings. The van der Waals surface area contributed by atoms with Gasteiger partial charge in [-0.1, -0.05) is 18.2 Å². The van der Waals surface area contributed by atoms with Crippen molar-refractivity contribution in [3.63, 3.8) is 0 Å². The van der Waals surface area contributed by atoms with E-state index >= 15 is 0 Å². The van der Waals surface area contributed by atoms with Crippen LogP contribution in [0.3, 0.4) is 0 Å². The number of nitrogens with two attached hydrogens (primary N) is 1. The monoisotopic (exact) mass is 269 g/mol. The van der Waals surface area contributed by atoms with Crippen LogP contribution in [0.2, 0.25) is 0 Å². The van der Waals surface area contributed by atoms with Gasteiger partial charge in [-0.2, -0.15) is 0 Å². The van der Waals surface area contributed by atoms with Crippen LogP contribution < -0.4 is 5.14 Å². The van der Waals surface area contributed by atoms with Gasteiger partial charge in [-0.05, 0) is 31.6 Å². The number of esters is 1. The highest BCUT2D eigenvalue weighted by molar-refractivity contribution is 7.89. The van der Waals surface area contributed by atoms with Crippen molar-refractivity contribution in [3.8, 4) is 0 Å². The summed E-state index contributed by atoms with van der Waals surface area (Å²) < 4.78 is 27.5. The lowest BCUT2D eigenvalue weighted by Gasteiger charge is -2.05. The van der Waals surface area contributed by atoms with Crippen molar-refractivity contribution >= 4 is 22.1 Å². The second kappa shape index (κ2) is 5.79. The number of primary sulfonamides is 1. The minimum atomic E-state index is -3.81. The summed E-state index contributed by atoms with van der Waals surface area (Å²) in [6, 6.07) is 6.15. The molecule has 0 amide bonds. The van der Waals surface area contributed by atoms with Gasteiger partial charge in [0, 0.05) is 6.08 Å². The molecule has 1 aromatic rings. The first-order valence-electron chi connectivity index (χ1n) is 5.31. The van der Waals surface area contributed by atoms with Crippen molar-refractivity contribution in [3.05, 3.63) is 35.9 Å². The van der Waals surface area contributed by atoms with Crippen molar-refractivity contribution in [1.29, 1.82) is 0 Å². The van der Waals surface area contributed by atoms with E-state index in [-0.39, 0.29) is 11.0 Å². The van der Waals surface area contributed by atoms with Gasteiger partial charge in [-0.3, -0.25) is 0 Å². The zero-order valence-electron chi connectivity index (χ0n) is 10.2. The fourth-order valence-electron chi connectivity index (χ4n) is 1.31. The third-order valence-electron chi connectivity index (χ3n) is 1.98. The molecule has 0 aliphatic heterocycles. The van der Waals surface area contributed by atoms with Crippen LogP contribution in [0.5, 0.6) is 0 Å². The SMILES string of the molecule is CC(C)OC(=O)/C=C/c1ccccc1S(N)(=O)=O. The summed E-state index contributed by atoms with van der Waals surface area (Å²) in [7, 11) is -3.81. The number of benzene rings is 1. The number of rotatable bonds is 4. The first-order valence-corrected chi connectivity index (χ1v) is 6.86. The topological polar surface area (TPSA) is 86.5 Å². The molecule has 0 saturated heterocycles. The Morgan fingerprint density at radius 3 is 2.50 bits per heavy atom. The zero-order chi connectivity index (χ0) is 13.8. The second-order valence-corrected chi connectivity index (χ2v) is 5.43. The molecule has 0 bridgehead atoms. The van der Waals surface area contributed by atoms with E-state index < -0.39 is 16.0 Å². The molecule has 0 unspecified atom stereocenters. The van der Waals surface area contributed by atoms with E-state index in [9.17, 15) is 13.2 Å². The van der Waals surface area contributed by atoms with Crippen LogP contribution in [-0.2, 0) is 19.6 Å². The molecule has 1 rings (SSSR count). The van der Waals surface area contributed by atoms with E-state index in [1.807, 2.05) is 0 Å². The Bertz CT molecular complexity index is 561. The fourth-order valence-corrected chi connectivity index (χ4v) is 2.04. The Morgan fingerprint density at radius 2 is 1.94 bits per heavy atom. The van der Waals surface area contributed by atoms with Gasteiger partial charge in [0.1, 0.15) is 0 Å². The maximum Gasteiger partial charge on any atom is 0.331 e. The van der Waals surface area contributed by atoms with E-state index in [4.69, 9.17) is 9.88 Å². The molecule has 5 nitrogen and oxygen atoms in total. The summed E-state index contributed by atoms with van der Waals surface area (Å²) in [5.74, 6) is -0.533. The highest BCUT2D eigenvalue weighted by Crippen LogP contribution is 2.15. The van der Waals surface area contributed by atoms with Crippen LogP contribution in [0.15, 0.2) is 35.2 Å². The maximum atomic E-state index is 11.3. The number of ether oxygens (including phenoxy) is 1. The quantitative estimate of drug-likeness (QED) is 0.659. The Kier molecular flexibility index (Phi) is 4.63. The highest BCUT2D eigenvalue weighted by atomic mass is 32.2. The molecule has 0 heterocycles. The van der Waals surface area contributed by atoms with E-state index in [0.29, 0.717) is 5.56 Å². The molecular weight excluding hydrogens is 254 g/mol. The predicted octanol–water partition coefficient (Wildman–Crippen LogP) is 1.30. The molecule has 98 valence electrons. The molecule has 0 fully saturated rings. The molecule has 0 saturated carbocycles. The molecule has 18 heavy (non-hydrogen) atoms. The summed E-state index contributed by atoms with van der Waals surface area (Å²) in [6.45, 7) is 3.45. The number of hydrogen-bond acceptors (Lipinski definition) is 4. The predicted molar refractivity (Wildman–Crippen MR) is 68.1 cm³/mol. The standard InChI is InChI=1S/C12H15NO4S/c1-9(2)17-12(14)8-7-10-5-3-4-6-11(10)18(13,15)16/h3-9H,1-2H3,(H2,13,15,16)/b8-7+. The lowest BCUT2D eigenvalue weighted by molar-refractivity contribution is -0.141. The van der Waals surface area contributed by atoms with E-state index in [1.165, 1.54) is 18.2 Å². The Labute approximate surface area is 106 Å². The molecule has 0 aliphatic carbocycles. The molecule has 2 N–H and O–H groups in total. The molecule has 0 spiro atoms. The third kappa shape index (κ3) is 4.31. The summed E-state index contributed by atoms with van der Waals surface area (Å²) in [4.78, 5) is 11.3. The maximum absolute atomic E-state index is 11.3. The number of carbonyl (C=O) groups is 1. The van der Waals surface area contributed by atoms with Crippen molar-refractivity contribution < 1.29 is 17.9 Å². The van der Waals surface area contributed by atoms with Gasteiger partial charge in [0.25, 0.3) is 0 Å². The minimum absolute atomic E-state index is 0.0291. The van der Waals surface area contributed by atoms with Crippen molar-refractivity contribution in [2.45, 2.75) is 24.8 Å². The number of carbonyl (C=O) groups excluding carboxylic acids is 1. The fraction of sp³-hybridized carbons (Fsp3) is 0.250. The lowest BCUT2D eigenvalue weighted by atomic mass is 10.2. The van der Waals surface area contributed by atoms with Gasteiger partial charge < -0.3 is 4.74 Å². The zero-order valence-corrected chi connectivity index (χ0v) is 11.0. The van der Waals surface area contributed by atoms with E-state index in [0.717, 1.165) is 0 Å². The molecule has 0 radical (unpaired) electrons. The van der Waals surface area contributed by atoms with Crippen molar-refractivity contribution in [2.24, 2.45) is 5.14 Å². The second-order valence-electron chi connectivity index (χ2n) is 3.90. The van der Waals surface area contributed by atoms with Gasteiger partial charge >= 0.3 is 5.97 Å². The first kappa shape index (κ1) is 14.4. The van der Waals surface area contributed by atoms with Gasteiger partial charge in [0.05, 0.1) is 11.0 Å². The van der Waals surface area contributed by atoms with Crippen LogP contribution in [0.4, 0.5) is 0 Å². The summed E-state index contributed by atoms with van der Waals surface area (Å²) in [6.07, 6.45) is 2.31. The van der Waals surface area contributed by atoms with Crippen molar-refractivity contribution in [1.82, 2.24) is 0 Å². The molecular formula is C12H15NO4S. The van der Waals surface area contributed by atoms with Crippen LogP contribution in [0.1, 0.15) is 19.4 Å². The normalized spacial score (nSPS) is 12.0. The molecule has 1 aromatic carbocycles. The number of hydrogen-bond donors (Lipinski definition) is 1. The van der Waals surface area contributed by atoms with Crippen LogP contribution in [0.25, 0.3) is 6.08 Å². The van der Waals surface area contributed by atoms with Gasteiger partial charge in [-0.25, -0.2) is 18.4 Å². The van der Waals surface area contributed by atoms with E-state index in [1.54, 1.807) is 32.0 Å².